The lowest BCUT2D eigenvalue weighted by molar-refractivity contribution is 0.102. The molecule has 4 aromatic heterocycles. The molecule has 148 valence electrons. The van der Waals surface area contributed by atoms with Crippen molar-refractivity contribution in [2.75, 3.05) is 5.32 Å². The van der Waals surface area contributed by atoms with E-state index in [-0.39, 0.29) is 5.91 Å². The minimum atomic E-state index is -0.158. The van der Waals surface area contributed by atoms with Gasteiger partial charge in [-0.15, -0.1) is 0 Å². The van der Waals surface area contributed by atoms with Crippen molar-refractivity contribution in [1.82, 2.24) is 19.5 Å². The molecule has 0 bridgehead atoms. The van der Waals surface area contributed by atoms with E-state index in [1.54, 1.807) is 17.5 Å². The molecule has 6 nitrogen and oxygen atoms in total. The molecular weight excluding hydrogens is 414 g/mol. The Bertz CT molecular complexity index is 1330. The zero-order valence-electron chi connectivity index (χ0n) is 16.3. The zero-order valence-corrected chi connectivity index (χ0v) is 17.9. The number of rotatable bonds is 4. The molecule has 8 heteroatoms. The topological polar surface area (TPSA) is 72.7 Å². The third-order valence-electron chi connectivity index (χ3n) is 4.80. The lowest BCUT2D eigenvalue weighted by Crippen LogP contribution is -2.12. The zero-order chi connectivity index (χ0) is 20.7. The average molecular weight is 432 g/mol. The molecule has 5 rings (SSSR count). The molecule has 0 aliphatic heterocycles. The van der Waals surface area contributed by atoms with Crippen LogP contribution in [0.4, 0.5) is 5.69 Å². The van der Waals surface area contributed by atoms with Crippen LogP contribution in [0.1, 0.15) is 20.9 Å². The van der Waals surface area contributed by atoms with Gasteiger partial charge in [-0.05, 0) is 49.7 Å². The number of pyridine rings is 1. The first-order valence-electron chi connectivity index (χ1n) is 9.34. The van der Waals surface area contributed by atoms with Crippen LogP contribution in [0.5, 0.6) is 0 Å². The van der Waals surface area contributed by atoms with E-state index >= 15 is 0 Å². The third-order valence-corrected chi connectivity index (χ3v) is 6.98. The van der Waals surface area contributed by atoms with Crippen LogP contribution < -0.4 is 5.32 Å². The molecule has 0 spiro atoms. The lowest BCUT2D eigenvalue weighted by atomic mass is 10.1. The standard InChI is InChI=1S/C22H17N5OS2/c1-13-15(20-26-17-9-6-10-23-21(17)30-20)7-5-8-16(13)25-19(28)18-14(2)24-22(29-18)27-11-3-4-12-27/h3-12H,1-2H3,(H,25,28). The monoisotopic (exact) mass is 431 g/mol. The second-order valence-electron chi connectivity index (χ2n) is 6.78. The maximum Gasteiger partial charge on any atom is 0.267 e. The number of anilines is 1. The predicted octanol–water partition coefficient (Wildman–Crippen LogP) is 5.47. The Morgan fingerprint density at radius 2 is 1.83 bits per heavy atom. The van der Waals surface area contributed by atoms with Gasteiger partial charge in [0.05, 0.1) is 5.69 Å². The fraction of sp³-hybridized carbons (Fsp3) is 0.0909. The molecule has 0 saturated carbocycles. The summed E-state index contributed by atoms with van der Waals surface area (Å²) in [7, 11) is 0. The molecular formula is C22H17N5OS2. The van der Waals surface area contributed by atoms with E-state index in [2.05, 4.69) is 15.3 Å². The second-order valence-corrected chi connectivity index (χ2v) is 8.74. The van der Waals surface area contributed by atoms with Gasteiger partial charge in [0.25, 0.3) is 5.91 Å². The van der Waals surface area contributed by atoms with Crippen molar-refractivity contribution in [2.45, 2.75) is 13.8 Å². The summed E-state index contributed by atoms with van der Waals surface area (Å²) >= 11 is 2.92. The van der Waals surface area contributed by atoms with Gasteiger partial charge in [-0.3, -0.25) is 4.79 Å². The summed E-state index contributed by atoms with van der Waals surface area (Å²) in [4.78, 5) is 28.1. The van der Waals surface area contributed by atoms with Crippen LogP contribution in [0.2, 0.25) is 0 Å². The normalized spacial score (nSPS) is 11.1. The van der Waals surface area contributed by atoms with Crippen molar-refractivity contribution >= 4 is 44.6 Å². The number of thiazole rings is 2. The molecule has 0 atom stereocenters. The molecule has 0 radical (unpaired) electrons. The second kappa shape index (κ2) is 7.47. The molecule has 30 heavy (non-hydrogen) atoms. The highest BCUT2D eigenvalue weighted by atomic mass is 32.1. The van der Waals surface area contributed by atoms with Gasteiger partial charge >= 0.3 is 0 Å². The van der Waals surface area contributed by atoms with Crippen molar-refractivity contribution < 1.29 is 4.79 Å². The quantitative estimate of drug-likeness (QED) is 0.409. The van der Waals surface area contributed by atoms with Crippen molar-refractivity contribution in [3.8, 4) is 15.7 Å². The van der Waals surface area contributed by atoms with Crippen molar-refractivity contribution in [2.24, 2.45) is 0 Å². The SMILES string of the molecule is Cc1nc(-n2cccc2)sc1C(=O)Nc1cccc(-c2nc3cccnc3s2)c1C. The highest BCUT2D eigenvalue weighted by molar-refractivity contribution is 7.21. The highest BCUT2D eigenvalue weighted by Gasteiger charge is 2.18. The van der Waals surface area contributed by atoms with E-state index < -0.39 is 0 Å². The number of fused-ring (bicyclic) bond motifs is 1. The first-order valence-corrected chi connectivity index (χ1v) is 11.0. The number of aryl methyl sites for hydroxylation is 1. The number of carbonyl (C=O) groups is 1. The number of nitrogens with one attached hydrogen (secondary N) is 1. The number of amides is 1. The van der Waals surface area contributed by atoms with Gasteiger partial charge in [0, 0.05) is 29.8 Å². The summed E-state index contributed by atoms with van der Waals surface area (Å²) in [6.45, 7) is 3.85. The van der Waals surface area contributed by atoms with E-state index in [1.807, 2.05) is 73.3 Å². The molecule has 0 aliphatic carbocycles. The third kappa shape index (κ3) is 3.30. The van der Waals surface area contributed by atoms with Crippen LogP contribution in [0.15, 0.2) is 61.1 Å². The molecule has 4 heterocycles. The Balaban J connectivity index is 1.46. The first-order chi connectivity index (χ1) is 14.6. The molecule has 1 N–H and O–H groups in total. The Morgan fingerprint density at radius 3 is 2.63 bits per heavy atom. The Morgan fingerprint density at radius 1 is 1.00 bits per heavy atom. The summed E-state index contributed by atoms with van der Waals surface area (Å²) in [5.41, 5.74) is 4.32. The van der Waals surface area contributed by atoms with Gasteiger partial charge in [-0.25, -0.2) is 15.0 Å². The fourth-order valence-electron chi connectivity index (χ4n) is 3.23. The summed E-state index contributed by atoms with van der Waals surface area (Å²) in [6.07, 6.45) is 5.61. The van der Waals surface area contributed by atoms with E-state index in [1.165, 1.54) is 11.3 Å². The maximum atomic E-state index is 13.0. The maximum absolute atomic E-state index is 13.0. The summed E-state index contributed by atoms with van der Waals surface area (Å²) in [6, 6.07) is 13.6. The van der Waals surface area contributed by atoms with Gasteiger partial charge in [0.2, 0.25) is 0 Å². The van der Waals surface area contributed by atoms with E-state index in [0.717, 1.165) is 37.3 Å². The largest absolute Gasteiger partial charge is 0.321 e. The fourth-order valence-corrected chi connectivity index (χ4v) is 5.15. The molecule has 0 saturated heterocycles. The van der Waals surface area contributed by atoms with Gasteiger partial charge in [0.1, 0.15) is 20.2 Å². The summed E-state index contributed by atoms with van der Waals surface area (Å²) in [5.74, 6) is -0.158. The van der Waals surface area contributed by atoms with Gasteiger partial charge in [-0.1, -0.05) is 34.8 Å². The van der Waals surface area contributed by atoms with Crippen LogP contribution in [0, 0.1) is 13.8 Å². The van der Waals surface area contributed by atoms with Gasteiger partial charge < -0.3 is 9.88 Å². The van der Waals surface area contributed by atoms with Crippen LogP contribution in [-0.4, -0.2) is 25.4 Å². The molecule has 5 aromatic rings. The van der Waals surface area contributed by atoms with Crippen LogP contribution in [-0.2, 0) is 0 Å². The lowest BCUT2D eigenvalue weighted by Gasteiger charge is -2.10. The number of hydrogen-bond donors (Lipinski definition) is 1. The van der Waals surface area contributed by atoms with Crippen LogP contribution >= 0.6 is 22.7 Å². The average Bonchev–Trinajstić information content (AvgIpc) is 3.48. The number of nitrogens with zero attached hydrogens (tertiary/aromatic N) is 4. The van der Waals surface area contributed by atoms with Gasteiger partial charge in [0.15, 0.2) is 5.13 Å². The minimum Gasteiger partial charge on any atom is -0.321 e. The number of benzene rings is 1. The minimum absolute atomic E-state index is 0.158. The highest BCUT2D eigenvalue weighted by Crippen LogP contribution is 2.34. The number of carbonyl (C=O) groups excluding carboxylic acids is 1. The molecule has 0 fully saturated rings. The van der Waals surface area contributed by atoms with Crippen molar-refractivity contribution in [1.29, 1.82) is 0 Å². The molecule has 1 aromatic carbocycles. The van der Waals surface area contributed by atoms with Crippen molar-refractivity contribution in [3.63, 3.8) is 0 Å². The number of hydrogen-bond acceptors (Lipinski definition) is 6. The Kier molecular flexibility index (Phi) is 4.65. The van der Waals surface area contributed by atoms with Crippen LogP contribution in [0.3, 0.4) is 0 Å². The molecule has 0 unspecified atom stereocenters. The molecule has 1 amide bonds. The predicted molar refractivity (Wildman–Crippen MR) is 122 cm³/mol. The van der Waals surface area contributed by atoms with Crippen LogP contribution in [0.25, 0.3) is 26.0 Å². The summed E-state index contributed by atoms with van der Waals surface area (Å²) in [5, 5.41) is 4.72. The van der Waals surface area contributed by atoms with E-state index in [9.17, 15) is 4.79 Å². The Labute approximate surface area is 180 Å². The van der Waals surface area contributed by atoms with Gasteiger partial charge in [-0.2, -0.15) is 0 Å². The van der Waals surface area contributed by atoms with Crippen molar-refractivity contribution in [3.05, 3.63) is 77.2 Å². The number of aromatic nitrogens is 4. The molecule has 0 aliphatic rings. The smallest absolute Gasteiger partial charge is 0.267 e. The van der Waals surface area contributed by atoms with E-state index in [4.69, 9.17) is 4.98 Å². The summed E-state index contributed by atoms with van der Waals surface area (Å²) < 4.78 is 1.90. The first kappa shape index (κ1) is 18.7. The van der Waals surface area contributed by atoms with E-state index in [0.29, 0.717) is 10.6 Å². The Hall–Kier alpha value is -3.36.